The van der Waals surface area contributed by atoms with Crippen molar-refractivity contribution in [1.82, 2.24) is 0 Å². The van der Waals surface area contributed by atoms with E-state index in [9.17, 15) is 0 Å². The first kappa shape index (κ1) is 37.0. The first-order valence-corrected chi connectivity index (χ1v) is 20.4. The van der Waals surface area contributed by atoms with Crippen LogP contribution in [-0.2, 0) is 22.3 Å². The minimum Gasteiger partial charge on any atom is -0.385 e. The molecule has 0 fully saturated rings. The van der Waals surface area contributed by atoms with Gasteiger partial charge in [-0.1, -0.05) is 118 Å². The van der Waals surface area contributed by atoms with Crippen LogP contribution < -0.4 is 26.2 Å². The normalized spacial score (nSPS) is 12.8. The number of anilines is 6. The fraction of sp³-hybridized carbons (Fsp3) is 0.375. The van der Waals surface area contributed by atoms with E-state index in [1.54, 1.807) is 14.2 Å². The number of rotatable bonds is 20. The number of methoxy groups -OCH3 is 2. The van der Waals surface area contributed by atoms with Crippen molar-refractivity contribution in [3.05, 3.63) is 126 Å². The van der Waals surface area contributed by atoms with Gasteiger partial charge in [-0.05, 0) is 115 Å². The predicted octanol–water partition coefficient (Wildman–Crippen LogP) is 10.8. The van der Waals surface area contributed by atoms with E-state index in [0.29, 0.717) is 0 Å². The molecule has 0 aromatic heterocycles. The molecular weight excluding hydrogens is 647 g/mol. The summed E-state index contributed by atoms with van der Waals surface area (Å²) in [4.78, 5) is 5.10. The van der Waals surface area contributed by atoms with Crippen molar-refractivity contribution in [2.45, 2.75) is 89.9 Å². The van der Waals surface area contributed by atoms with E-state index in [2.05, 4.69) is 125 Å². The number of aryl methyl sites for hydroxylation is 2. The lowest BCUT2D eigenvalue weighted by atomic mass is 9.33. The molecule has 4 nitrogen and oxygen atoms in total. The molecule has 0 spiro atoms. The van der Waals surface area contributed by atoms with E-state index < -0.39 is 0 Å². The summed E-state index contributed by atoms with van der Waals surface area (Å²) in [5.74, 6) is 0. The summed E-state index contributed by atoms with van der Waals surface area (Å²) in [5.41, 5.74) is 14.7. The van der Waals surface area contributed by atoms with E-state index in [1.807, 2.05) is 0 Å². The minimum absolute atomic E-state index is 0.160. The van der Waals surface area contributed by atoms with Crippen molar-refractivity contribution in [3.8, 4) is 0 Å². The molecule has 274 valence electrons. The van der Waals surface area contributed by atoms with Crippen molar-refractivity contribution in [2.24, 2.45) is 0 Å². The third-order valence-electron chi connectivity index (χ3n) is 11.3. The summed E-state index contributed by atoms with van der Waals surface area (Å²) in [7, 11) is 3.60. The lowest BCUT2D eigenvalue weighted by Crippen LogP contribution is -2.61. The summed E-state index contributed by atoms with van der Waals surface area (Å²) in [6.07, 6.45) is 17.2. The Morgan fingerprint density at radius 3 is 1.45 bits per heavy atom. The Morgan fingerprint density at radius 1 is 0.415 bits per heavy atom. The van der Waals surface area contributed by atoms with Gasteiger partial charge in [0, 0.05) is 61.6 Å². The molecule has 0 saturated carbocycles. The minimum atomic E-state index is 0.160. The zero-order valence-corrected chi connectivity index (χ0v) is 32.1. The predicted molar refractivity (Wildman–Crippen MR) is 227 cm³/mol. The van der Waals surface area contributed by atoms with Crippen molar-refractivity contribution in [3.63, 3.8) is 0 Å². The third-order valence-corrected chi connectivity index (χ3v) is 11.3. The van der Waals surface area contributed by atoms with Crippen LogP contribution in [0, 0.1) is 0 Å². The molecule has 5 aromatic carbocycles. The van der Waals surface area contributed by atoms with Crippen LogP contribution in [0.25, 0.3) is 0 Å². The van der Waals surface area contributed by atoms with E-state index in [4.69, 9.17) is 9.47 Å². The SMILES string of the molecule is COCCCCCCCCc1ccc2c(c1)B1c3ccccc3N(c3ccccc3)c3cc(CCCCCCCCOC)cc(c31)N2c1ccccc1. The maximum Gasteiger partial charge on any atom is 0.252 e. The van der Waals surface area contributed by atoms with Gasteiger partial charge in [-0.25, -0.2) is 0 Å². The topological polar surface area (TPSA) is 24.9 Å². The van der Waals surface area contributed by atoms with Gasteiger partial charge in [-0.2, -0.15) is 0 Å². The number of ether oxygens (including phenoxy) is 2. The Hall–Kier alpha value is -4.32. The molecule has 7 rings (SSSR count). The number of unbranched alkanes of at least 4 members (excludes halogenated alkanes) is 10. The van der Waals surface area contributed by atoms with Crippen molar-refractivity contribution in [2.75, 3.05) is 37.2 Å². The molecule has 0 radical (unpaired) electrons. The smallest absolute Gasteiger partial charge is 0.252 e. The van der Waals surface area contributed by atoms with Crippen molar-refractivity contribution < 1.29 is 9.47 Å². The standard InChI is InChI=1S/C48H57BN2O2/c1-52-33-21-9-5-3-7-13-23-38-31-32-45-43(35-38)49-42-29-19-20-30-44(42)50(40-25-15-11-16-26-40)46-36-39(24-14-8-4-6-10-22-34-53-2)37-47(48(46)49)51(45)41-27-17-12-18-28-41/h11-12,15-20,25-32,35-37H,3-10,13-14,21-24,33-34H2,1-2H3. The molecule has 2 heterocycles. The number of para-hydroxylation sites is 3. The lowest BCUT2D eigenvalue weighted by Gasteiger charge is -2.44. The average molecular weight is 705 g/mol. The molecule has 2 aliphatic rings. The zero-order chi connectivity index (χ0) is 36.2. The summed E-state index contributed by atoms with van der Waals surface area (Å²) in [6, 6.07) is 43.6. The summed E-state index contributed by atoms with van der Waals surface area (Å²) >= 11 is 0. The van der Waals surface area contributed by atoms with E-state index in [1.165, 1.54) is 132 Å². The molecular formula is C48H57BN2O2. The molecule has 0 atom stereocenters. The van der Waals surface area contributed by atoms with Gasteiger partial charge in [-0.3, -0.25) is 0 Å². The first-order valence-electron chi connectivity index (χ1n) is 20.4. The van der Waals surface area contributed by atoms with Crippen LogP contribution in [0.2, 0.25) is 0 Å². The Bertz CT molecular complexity index is 1880. The second-order valence-corrected chi connectivity index (χ2v) is 15.0. The Kier molecular flexibility index (Phi) is 13.0. The fourth-order valence-electron chi connectivity index (χ4n) is 8.63. The van der Waals surface area contributed by atoms with Crippen LogP contribution in [0.3, 0.4) is 0 Å². The largest absolute Gasteiger partial charge is 0.385 e. The highest BCUT2D eigenvalue weighted by atomic mass is 16.5. The maximum absolute atomic E-state index is 5.26. The molecule has 0 unspecified atom stereocenters. The van der Waals surface area contributed by atoms with Gasteiger partial charge in [-0.15, -0.1) is 0 Å². The molecule has 0 saturated heterocycles. The van der Waals surface area contributed by atoms with Gasteiger partial charge < -0.3 is 19.3 Å². The van der Waals surface area contributed by atoms with Gasteiger partial charge in [0.25, 0.3) is 6.71 Å². The summed E-state index contributed by atoms with van der Waals surface area (Å²) in [6.45, 7) is 1.91. The highest BCUT2D eigenvalue weighted by Gasteiger charge is 2.43. The number of hydrogen-bond acceptors (Lipinski definition) is 4. The molecule has 0 bridgehead atoms. The number of benzene rings is 5. The molecule has 5 aromatic rings. The molecule has 2 aliphatic heterocycles. The van der Waals surface area contributed by atoms with Crippen molar-refractivity contribution >= 4 is 57.2 Å². The number of nitrogens with zero attached hydrogens (tertiary/aromatic N) is 2. The lowest BCUT2D eigenvalue weighted by molar-refractivity contribution is 0.192. The van der Waals surface area contributed by atoms with Crippen molar-refractivity contribution in [1.29, 1.82) is 0 Å². The average Bonchev–Trinajstić information content (AvgIpc) is 3.20. The maximum atomic E-state index is 5.26. The van der Waals surface area contributed by atoms with Crippen LogP contribution in [0.15, 0.2) is 115 Å². The van der Waals surface area contributed by atoms with E-state index in [-0.39, 0.29) is 6.71 Å². The second kappa shape index (κ2) is 18.6. The molecule has 53 heavy (non-hydrogen) atoms. The fourth-order valence-corrected chi connectivity index (χ4v) is 8.63. The third kappa shape index (κ3) is 8.58. The quantitative estimate of drug-likeness (QED) is 0.0583. The van der Waals surface area contributed by atoms with Crippen LogP contribution in [0.4, 0.5) is 34.1 Å². The molecule has 0 aliphatic carbocycles. The van der Waals surface area contributed by atoms with Gasteiger partial charge >= 0.3 is 0 Å². The summed E-state index contributed by atoms with van der Waals surface area (Å²) in [5, 5.41) is 0. The molecule has 5 heteroatoms. The summed E-state index contributed by atoms with van der Waals surface area (Å²) < 4.78 is 10.5. The molecule has 0 amide bonds. The van der Waals surface area contributed by atoms with E-state index >= 15 is 0 Å². The van der Waals surface area contributed by atoms with Gasteiger partial charge in [0.15, 0.2) is 0 Å². The zero-order valence-electron chi connectivity index (χ0n) is 32.1. The Labute approximate surface area is 319 Å². The number of hydrogen-bond donors (Lipinski definition) is 0. The second-order valence-electron chi connectivity index (χ2n) is 15.0. The van der Waals surface area contributed by atoms with Crippen LogP contribution >= 0.6 is 0 Å². The number of fused-ring (bicyclic) bond motifs is 4. The molecule has 0 N–H and O–H groups in total. The Morgan fingerprint density at radius 2 is 0.887 bits per heavy atom. The van der Waals surface area contributed by atoms with Crippen LogP contribution in [-0.4, -0.2) is 34.1 Å². The van der Waals surface area contributed by atoms with Gasteiger partial charge in [0.05, 0.1) is 0 Å². The highest BCUT2D eigenvalue weighted by molar-refractivity contribution is 7.00. The monoisotopic (exact) mass is 704 g/mol. The van der Waals surface area contributed by atoms with Crippen LogP contribution in [0.5, 0.6) is 0 Å². The van der Waals surface area contributed by atoms with Crippen LogP contribution in [0.1, 0.15) is 88.2 Å². The van der Waals surface area contributed by atoms with E-state index in [0.717, 1.165) is 32.5 Å². The van der Waals surface area contributed by atoms with Gasteiger partial charge in [0.2, 0.25) is 0 Å². The Balaban J connectivity index is 1.27. The highest BCUT2D eigenvalue weighted by Crippen LogP contribution is 2.44. The first-order chi connectivity index (χ1) is 26.3. The van der Waals surface area contributed by atoms with Gasteiger partial charge in [0.1, 0.15) is 0 Å².